The van der Waals surface area contributed by atoms with Crippen molar-refractivity contribution in [1.82, 2.24) is 4.90 Å². The Hall–Kier alpha value is -2.13. The zero-order valence-electron chi connectivity index (χ0n) is 15.9. The van der Waals surface area contributed by atoms with Crippen molar-refractivity contribution in [3.05, 3.63) is 65.7 Å². The highest BCUT2D eigenvalue weighted by atomic mass is 15.4. The summed E-state index contributed by atoms with van der Waals surface area (Å²) >= 11 is 0. The molecule has 5 rings (SSSR count). The van der Waals surface area contributed by atoms with E-state index in [0.29, 0.717) is 12.2 Å². The van der Waals surface area contributed by atoms with Gasteiger partial charge >= 0.3 is 0 Å². The van der Waals surface area contributed by atoms with Crippen LogP contribution in [-0.2, 0) is 12.0 Å². The molecule has 0 radical (unpaired) electrons. The summed E-state index contributed by atoms with van der Waals surface area (Å²) in [6, 6.07) is 20.1. The summed E-state index contributed by atoms with van der Waals surface area (Å²) in [5.41, 5.74) is 5.71. The first-order valence-corrected chi connectivity index (χ1v) is 9.72. The molecule has 1 saturated heterocycles. The van der Waals surface area contributed by atoms with E-state index in [1.807, 2.05) is 0 Å². The second-order valence-corrected chi connectivity index (χ2v) is 9.01. The summed E-state index contributed by atoms with van der Waals surface area (Å²) in [6.07, 6.45) is 1.42. The quantitative estimate of drug-likeness (QED) is 0.871. The van der Waals surface area contributed by atoms with Gasteiger partial charge in [0, 0.05) is 24.5 Å². The fraction of sp³-hybridized carbons (Fsp3) is 0.435. The van der Waals surface area contributed by atoms with E-state index in [9.17, 15) is 0 Å². The van der Waals surface area contributed by atoms with Gasteiger partial charge in [0.1, 0.15) is 0 Å². The van der Waals surface area contributed by atoms with Crippen LogP contribution in [0.2, 0.25) is 0 Å². The van der Waals surface area contributed by atoms with Gasteiger partial charge in [-0.25, -0.2) is 0 Å². The molecular formula is C23H27N3. The molecule has 1 fully saturated rings. The number of nitrogens with one attached hydrogen (secondary N) is 1. The molecule has 0 bridgehead atoms. The van der Waals surface area contributed by atoms with Crippen molar-refractivity contribution in [3.8, 4) is 0 Å². The second kappa shape index (κ2) is 5.43. The third-order valence-corrected chi connectivity index (χ3v) is 6.36. The molecule has 0 aliphatic carbocycles. The molecule has 2 aromatic rings. The number of para-hydroxylation sites is 1. The van der Waals surface area contributed by atoms with Crippen LogP contribution in [0.3, 0.4) is 0 Å². The number of nitrogens with zero attached hydrogens (tertiary/aromatic N) is 2. The van der Waals surface area contributed by atoms with Gasteiger partial charge in [0.05, 0.1) is 17.6 Å². The summed E-state index contributed by atoms with van der Waals surface area (Å²) in [5, 5.41) is 3.88. The fourth-order valence-electron chi connectivity index (χ4n) is 5.47. The van der Waals surface area contributed by atoms with Crippen molar-refractivity contribution in [2.24, 2.45) is 10.4 Å². The van der Waals surface area contributed by atoms with E-state index in [0.717, 1.165) is 19.5 Å². The highest BCUT2D eigenvalue weighted by Gasteiger charge is 2.64. The number of hydrogen-bond donors (Lipinski definition) is 1. The molecule has 134 valence electrons. The van der Waals surface area contributed by atoms with Crippen LogP contribution < -0.4 is 5.32 Å². The van der Waals surface area contributed by atoms with Crippen molar-refractivity contribution in [2.45, 2.75) is 51.4 Å². The van der Waals surface area contributed by atoms with Crippen LogP contribution in [0.5, 0.6) is 0 Å². The average Bonchev–Trinajstić information content (AvgIpc) is 3.24. The Labute approximate surface area is 156 Å². The minimum Gasteiger partial charge on any atom is -0.368 e. The average molecular weight is 345 g/mol. The zero-order valence-corrected chi connectivity index (χ0v) is 15.9. The molecular weight excluding hydrogens is 318 g/mol. The van der Waals surface area contributed by atoms with Gasteiger partial charge in [-0.3, -0.25) is 9.89 Å². The first kappa shape index (κ1) is 16.1. The molecule has 0 unspecified atom stereocenters. The monoisotopic (exact) mass is 345 g/mol. The second-order valence-electron chi connectivity index (χ2n) is 9.01. The molecule has 3 atom stereocenters. The van der Waals surface area contributed by atoms with Crippen molar-refractivity contribution >= 4 is 11.4 Å². The van der Waals surface area contributed by atoms with Crippen LogP contribution in [0.15, 0.2) is 59.6 Å². The van der Waals surface area contributed by atoms with Crippen molar-refractivity contribution in [2.75, 3.05) is 11.9 Å². The number of hydrogen-bond acceptors (Lipinski definition) is 3. The van der Waals surface area contributed by atoms with Gasteiger partial charge in [0.2, 0.25) is 0 Å². The maximum absolute atomic E-state index is 5.10. The van der Waals surface area contributed by atoms with E-state index in [4.69, 9.17) is 4.99 Å². The molecule has 3 nitrogen and oxygen atoms in total. The molecule has 3 aliphatic heterocycles. The zero-order chi connectivity index (χ0) is 17.9. The summed E-state index contributed by atoms with van der Waals surface area (Å²) in [6.45, 7) is 8.98. The normalized spacial score (nSPS) is 29.7. The predicted octanol–water partition coefficient (Wildman–Crippen LogP) is 4.45. The van der Waals surface area contributed by atoms with Gasteiger partial charge in [0.25, 0.3) is 0 Å². The minimum atomic E-state index is 0.0450. The van der Waals surface area contributed by atoms with Crippen LogP contribution in [0.4, 0.5) is 5.69 Å². The Morgan fingerprint density at radius 2 is 1.81 bits per heavy atom. The molecule has 2 aromatic carbocycles. The molecule has 26 heavy (non-hydrogen) atoms. The van der Waals surface area contributed by atoms with Crippen LogP contribution in [0.1, 0.15) is 38.3 Å². The number of fused-ring (bicyclic) bond motifs is 1. The largest absolute Gasteiger partial charge is 0.368 e. The van der Waals surface area contributed by atoms with Crippen molar-refractivity contribution < 1.29 is 0 Å². The van der Waals surface area contributed by atoms with Crippen molar-refractivity contribution in [3.63, 3.8) is 0 Å². The first-order valence-electron chi connectivity index (χ1n) is 9.72. The third kappa shape index (κ3) is 2.07. The lowest BCUT2D eigenvalue weighted by Gasteiger charge is -2.38. The highest BCUT2D eigenvalue weighted by Crippen LogP contribution is 2.56. The summed E-state index contributed by atoms with van der Waals surface area (Å²) in [4.78, 5) is 7.78. The predicted molar refractivity (Wildman–Crippen MR) is 108 cm³/mol. The van der Waals surface area contributed by atoms with E-state index in [1.165, 1.54) is 22.5 Å². The lowest BCUT2D eigenvalue weighted by atomic mass is 9.72. The summed E-state index contributed by atoms with van der Waals surface area (Å²) in [5.74, 6) is 0. The van der Waals surface area contributed by atoms with Gasteiger partial charge in [0.15, 0.2) is 0 Å². The molecule has 0 amide bonds. The molecule has 0 aromatic heterocycles. The van der Waals surface area contributed by atoms with Gasteiger partial charge < -0.3 is 5.32 Å². The summed E-state index contributed by atoms with van der Waals surface area (Å²) < 4.78 is 0. The lowest BCUT2D eigenvalue weighted by molar-refractivity contribution is 0.119. The number of benzene rings is 2. The number of aliphatic imine (C=N–C) groups is 1. The SMILES string of the molecule is CC(C)(C)[C@H]1C2=NCC[C@@]23c2ccccc2N[C@H]3N1Cc1ccccc1. The van der Waals surface area contributed by atoms with E-state index >= 15 is 0 Å². The Morgan fingerprint density at radius 3 is 2.58 bits per heavy atom. The minimum absolute atomic E-state index is 0.0450. The Balaban J connectivity index is 1.65. The van der Waals surface area contributed by atoms with E-state index < -0.39 is 0 Å². The van der Waals surface area contributed by atoms with Crippen molar-refractivity contribution in [1.29, 1.82) is 0 Å². The first-order chi connectivity index (χ1) is 12.5. The number of rotatable bonds is 2. The van der Waals surface area contributed by atoms with Gasteiger partial charge in [-0.2, -0.15) is 0 Å². The van der Waals surface area contributed by atoms with Gasteiger partial charge in [-0.15, -0.1) is 0 Å². The smallest absolute Gasteiger partial charge is 0.0956 e. The Morgan fingerprint density at radius 1 is 1.08 bits per heavy atom. The Kier molecular flexibility index (Phi) is 3.36. The number of likely N-dealkylation sites (tertiary alicyclic amines) is 1. The molecule has 0 saturated carbocycles. The van der Waals surface area contributed by atoms with Crippen LogP contribution in [0.25, 0.3) is 0 Å². The molecule has 3 heteroatoms. The van der Waals surface area contributed by atoms with Gasteiger partial charge in [-0.05, 0) is 29.0 Å². The maximum Gasteiger partial charge on any atom is 0.0956 e. The molecule has 1 spiro atoms. The lowest BCUT2D eigenvalue weighted by Crippen LogP contribution is -2.47. The van der Waals surface area contributed by atoms with Crippen LogP contribution >= 0.6 is 0 Å². The van der Waals surface area contributed by atoms with E-state index in [1.54, 1.807) is 0 Å². The fourth-order valence-corrected chi connectivity index (χ4v) is 5.47. The summed E-state index contributed by atoms with van der Waals surface area (Å²) in [7, 11) is 0. The maximum atomic E-state index is 5.10. The molecule has 1 N–H and O–H groups in total. The third-order valence-electron chi connectivity index (χ3n) is 6.36. The standard InChI is InChI=1S/C23H27N3/c1-22(2,3)20-19-23(13-14-24-19)17-11-7-8-12-18(17)25-21(23)26(20)15-16-9-5-4-6-10-16/h4-12,20-21,25H,13-15H2,1-3H3/t20-,21+,23-/m1/s1. The van der Waals surface area contributed by atoms with Crippen LogP contribution in [0, 0.1) is 5.41 Å². The van der Waals surface area contributed by atoms with Gasteiger partial charge in [-0.1, -0.05) is 69.3 Å². The molecule has 3 aliphatic rings. The number of anilines is 1. The van der Waals surface area contributed by atoms with E-state index in [2.05, 4.69) is 85.6 Å². The molecule has 3 heterocycles. The van der Waals surface area contributed by atoms with E-state index in [-0.39, 0.29) is 10.8 Å². The van der Waals surface area contributed by atoms with Crippen LogP contribution in [-0.4, -0.2) is 29.4 Å². The highest BCUT2D eigenvalue weighted by molar-refractivity contribution is 6.06. The Bertz CT molecular complexity index is 865. The topological polar surface area (TPSA) is 27.6 Å².